The number of rotatable bonds is 10. The molecule has 2 spiro atoms. The third-order valence-corrected chi connectivity index (χ3v) is 19.3. The lowest BCUT2D eigenvalue weighted by Crippen LogP contribution is -2.42. The summed E-state index contributed by atoms with van der Waals surface area (Å²) in [6.45, 7) is 20.8. The van der Waals surface area contributed by atoms with E-state index in [2.05, 4.69) is 86.3 Å². The van der Waals surface area contributed by atoms with Gasteiger partial charge >= 0.3 is 0 Å². The predicted molar refractivity (Wildman–Crippen MR) is 315 cm³/mol. The van der Waals surface area contributed by atoms with Gasteiger partial charge in [-0.25, -0.2) is 23.1 Å². The normalized spacial score (nSPS) is 21.4. The average Bonchev–Trinajstić information content (AvgIpc) is 4.28. The van der Waals surface area contributed by atoms with Crippen LogP contribution >= 0.6 is 0 Å². The molecule has 0 bridgehead atoms. The Morgan fingerprint density at radius 3 is 1.34 bits per heavy atom. The fourth-order valence-corrected chi connectivity index (χ4v) is 14.8. The highest BCUT2D eigenvalue weighted by molar-refractivity contribution is 6.18. The molecule has 82 heavy (non-hydrogen) atoms. The molecule has 2 atom stereocenters. The minimum absolute atomic E-state index is 0.100. The standard InChI is InChI=1S/2C31H31N9O/c2*1-32-16-30(7-8-30)17-40-10-9-31(18-40)26-23(38(3)29(31)41)14-33-28-25(26)24(27(36-28)21-13-34-37(2)15-21)19-5-6-22-20(11-19)12-35-39(22)4/h2*5-6,11-15H,7-10,16-18H2,2-4H3,(H,33,36)/t2*31-/m10/s1. The second-order valence-electron chi connectivity index (χ2n) is 24.6. The average molecular weight is 1090 g/mol. The van der Waals surface area contributed by atoms with E-state index in [0.717, 1.165) is 176 Å². The Kier molecular flexibility index (Phi) is 10.8. The molecule has 4 fully saturated rings. The van der Waals surface area contributed by atoms with Crippen LogP contribution in [0.15, 0.2) is 86.0 Å². The summed E-state index contributed by atoms with van der Waals surface area (Å²) in [6, 6.07) is 12.9. The van der Waals surface area contributed by atoms with E-state index in [4.69, 9.17) is 23.1 Å². The van der Waals surface area contributed by atoms with Crippen LogP contribution in [0.2, 0.25) is 0 Å². The molecule has 2 aliphatic carbocycles. The van der Waals surface area contributed by atoms with E-state index in [9.17, 15) is 9.59 Å². The van der Waals surface area contributed by atoms with Gasteiger partial charge in [0.05, 0.1) is 92.6 Å². The SMILES string of the molecule is [C-]#[N+]CC1(CN2CC[C@@]3(C2)C(=O)N(C)c2cnc4[nH]c(-c5cnn(C)c5)c(-c5ccc6c(cnn6C)c5)c4c23)CC1.[C-]#[N+]CC1(CN2CC[C@]3(C2)C(=O)N(C)c2cnc4[nH]c(-c5cnn(C)c5)c(-c5ccc6c(cnn6C)c5)c4c23)CC1. The summed E-state index contributed by atoms with van der Waals surface area (Å²) in [4.78, 5) is 61.3. The van der Waals surface area contributed by atoms with Crippen molar-refractivity contribution in [2.24, 2.45) is 39.0 Å². The van der Waals surface area contributed by atoms with E-state index < -0.39 is 10.8 Å². The Bertz CT molecular complexity index is 4150. The molecule has 0 unspecified atom stereocenters. The number of nitrogens with one attached hydrogen (secondary N) is 2. The number of amides is 2. The lowest BCUT2D eigenvalue weighted by molar-refractivity contribution is -0.123. The zero-order chi connectivity index (χ0) is 56.2. The van der Waals surface area contributed by atoms with Gasteiger partial charge in [-0.1, -0.05) is 12.1 Å². The number of fused-ring (bicyclic) bond motifs is 10. The molecular formula is C62H62N18O2. The van der Waals surface area contributed by atoms with E-state index >= 15 is 0 Å². The van der Waals surface area contributed by atoms with Crippen molar-refractivity contribution in [1.82, 2.24) is 68.9 Å². The lowest BCUT2D eigenvalue weighted by Gasteiger charge is -2.25. The smallest absolute Gasteiger partial charge is 0.238 e. The molecule has 2 saturated carbocycles. The summed E-state index contributed by atoms with van der Waals surface area (Å²) in [5.74, 6) is 0.272. The summed E-state index contributed by atoms with van der Waals surface area (Å²) in [6.07, 6.45) is 21.2. The van der Waals surface area contributed by atoms with Crippen molar-refractivity contribution >= 4 is 67.1 Å². The molecule has 20 nitrogen and oxygen atoms in total. The first-order valence-electron chi connectivity index (χ1n) is 28.3. The molecule has 6 aliphatic rings. The van der Waals surface area contributed by atoms with Crippen molar-refractivity contribution in [1.29, 1.82) is 0 Å². The molecule has 2 amide bonds. The van der Waals surface area contributed by atoms with Gasteiger partial charge in [0.15, 0.2) is 0 Å². The third kappa shape index (κ3) is 7.39. The molecule has 16 rings (SSSR count). The second-order valence-corrected chi connectivity index (χ2v) is 24.6. The van der Waals surface area contributed by atoms with Crippen molar-refractivity contribution < 1.29 is 9.59 Å². The molecule has 412 valence electrons. The number of aromatic amines is 2. The van der Waals surface area contributed by atoms with Gasteiger partial charge in [0.25, 0.3) is 0 Å². The van der Waals surface area contributed by atoms with Gasteiger partial charge < -0.3 is 39.3 Å². The molecule has 2 saturated heterocycles. The van der Waals surface area contributed by atoms with Gasteiger partial charge in [0.1, 0.15) is 11.3 Å². The van der Waals surface area contributed by atoms with Crippen molar-refractivity contribution in [3.63, 3.8) is 0 Å². The highest BCUT2D eigenvalue weighted by Crippen LogP contribution is 2.57. The number of hydrogen-bond acceptors (Lipinski definition) is 10. The lowest BCUT2D eigenvalue weighted by atomic mass is 9.78. The topological polar surface area (TPSA) is 184 Å². The van der Waals surface area contributed by atoms with Gasteiger partial charge in [0.2, 0.25) is 24.9 Å². The number of aromatic nitrogens is 12. The molecular weight excluding hydrogens is 1030 g/mol. The molecule has 10 aromatic rings. The number of hydrogen-bond donors (Lipinski definition) is 2. The summed E-state index contributed by atoms with van der Waals surface area (Å²) < 4.78 is 7.37. The number of aryl methyl sites for hydroxylation is 4. The van der Waals surface area contributed by atoms with Crippen molar-refractivity contribution in [3.05, 3.63) is 120 Å². The first kappa shape index (κ1) is 50.0. The Morgan fingerprint density at radius 2 is 0.963 bits per heavy atom. The summed E-state index contributed by atoms with van der Waals surface area (Å²) in [5.41, 5.74) is 14.5. The van der Waals surface area contributed by atoms with Crippen molar-refractivity contribution in [3.8, 4) is 44.8 Å². The number of H-pyrrole nitrogens is 2. The fourth-order valence-electron chi connectivity index (χ4n) is 14.8. The van der Waals surface area contributed by atoms with E-state index in [1.165, 1.54) is 0 Å². The van der Waals surface area contributed by atoms with Crippen LogP contribution in [0.1, 0.15) is 49.7 Å². The number of carbonyl (C=O) groups excluding carboxylic acids is 2. The van der Waals surface area contributed by atoms with Gasteiger partial charge in [-0.15, -0.1) is 0 Å². The quantitative estimate of drug-likeness (QED) is 0.126. The van der Waals surface area contributed by atoms with Crippen LogP contribution < -0.4 is 9.80 Å². The van der Waals surface area contributed by atoms with Crippen LogP contribution in [0.5, 0.6) is 0 Å². The Balaban J connectivity index is 0.000000140. The van der Waals surface area contributed by atoms with Gasteiger partial charge in [-0.05, 0) is 87.0 Å². The van der Waals surface area contributed by atoms with Crippen LogP contribution in [0, 0.1) is 24.0 Å². The summed E-state index contributed by atoms with van der Waals surface area (Å²) in [5, 5.41) is 22.0. The first-order chi connectivity index (χ1) is 39.6. The Hall–Kier alpha value is -8.98. The number of nitrogens with zero attached hydrogens (tertiary/aromatic N) is 16. The van der Waals surface area contributed by atoms with E-state index in [0.29, 0.717) is 26.2 Å². The van der Waals surface area contributed by atoms with Crippen LogP contribution in [-0.4, -0.2) is 147 Å². The van der Waals surface area contributed by atoms with Crippen LogP contribution in [0.25, 0.3) is 98.3 Å². The van der Waals surface area contributed by atoms with E-state index in [1.54, 1.807) is 9.36 Å². The second kappa shape index (κ2) is 17.8. The van der Waals surface area contributed by atoms with Crippen LogP contribution in [0.4, 0.5) is 11.4 Å². The number of benzene rings is 2. The predicted octanol–water partition coefficient (Wildman–Crippen LogP) is 8.27. The summed E-state index contributed by atoms with van der Waals surface area (Å²) in [7, 11) is 11.5. The zero-order valence-corrected chi connectivity index (χ0v) is 47.0. The van der Waals surface area contributed by atoms with Gasteiger partial charge in [-0.2, -0.15) is 20.4 Å². The van der Waals surface area contributed by atoms with Gasteiger partial charge in [-0.3, -0.25) is 28.3 Å². The minimum atomic E-state index is -0.652. The maximum atomic E-state index is 14.2. The highest BCUT2D eigenvalue weighted by atomic mass is 16.2. The minimum Gasteiger partial charge on any atom is -0.339 e. The Morgan fingerprint density at radius 1 is 0.537 bits per heavy atom. The zero-order valence-electron chi connectivity index (χ0n) is 47.0. The van der Waals surface area contributed by atoms with Crippen molar-refractivity contribution in [2.75, 3.05) is 76.3 Å². The molecule has 4 aliphatic heterocycles. The number of likely N-dealkylation sites (N-methyl/N-ethyl adjacent to an activating group) is 2. The maximum absolute atomic E-state index is 14.2. The largest absolute Gasteiger partial charge is 0.339 e. The molecule has 8 aromatic heterocycles. The number of anilines is 2. The molecule has 12 heterocycles. The van der Waals surface area contributed by atoms with E-state index in [-0.39, 0.29) is 22.6 Å². The molecule has 2 N–H and O–H groups in total. The number of likely N-dealkylation sites (tertiary alicyclic amines) is 2. The maximum Gasteiger partial charge on any atom is 0.238 e. The monoisotopic (exact) mass is 1090 g/mol. The molecule has 2 aromatic carbocycles. The van der Waals surface area contributed by atoms with E-state index in [1.807, 2.05) is 111 Å². The highest BCUT2D eigenvalue weighted by Gasteiger charge is 2.59. The fraction of sp³-hybridized carbons (Fsp3) is 0.387. The molecule has 20 heteroatoms. The number of pyridine rings is 2. The van der Waals surface area contributed by atoms with Gasteiger partial charge in [0, 0.05) is 136 Å². The third-order valence-electron chi connectivity index (χ3n) is 19.3. The molecule has 0 radical (unpaired) electrons. The van der Waals surface area contributed by atoms with Crippen LogP contribution in [-0.2, 0) is 48.6 Å². The number of carbonyl (C=O) groups is 2. The van der Waals surface area contributed by atoms with Crippen LogP contribution in [0.3, 0.4) is 0 Å². The Labute approximate surface area is 472 Å². The first-order valence-corrected chi connectivity index (χ1v) is 28.3. The van der Waals surface area contributed by atoms with Crippen molar-refractivity contribution in [2.45, 2.75) is 49.4 Å². The summed E-state index contributed by atoms with van der Waals surface area (Å²) >= 11 is 0.